The molecule has 15 heavy (non-hydrogen) atoms. The van der Waals surface area contributed by atoms with Crippen LogP contribution in [-0.4, -0.2) is 22.3 Å². The van der Waals surface area contributed by atoms with Gasteiger partial charge in [-0.15, -0.1) is 0 Å². The van der Waals surface area contributed by atoms with E-state index >= 15 is 0 Å². The van der Waals surface area contributed by atoms with Gasteiger partial charge in [-0.05, 0) is 12.1 Å². The zero-order chi connectivity index (χ0) is 11.4. The number of halogens is 2. The Morgan fingerprint density at radius 3 is 2.67 bits per heavy atom. The van der Waals surface area contributed by atoms with Crippen molar-refractivity contribution in [2.45, 2.75) is 0 Å². The van der Waals surface area contributed by atoms with E-state index in [1.807, 2.05) is 0 Å². The van der Waals surface area contributed by atoms with Crippen molar-refractivity contribution in [2.75, 3.05) is 10.6 Å². The Morgan fingerprint density at radius 1 is 1.47 bits per heavy atom. The van der Waals surface area contributed by atoms with Crippen LogP contribution in [0.15, 0.2) is 18.2 Å². The number of amides is 1. The summed E-state index contributed by atoms with van der Waals surface area (Å²) in [6, 6.07) is 4.39. The highest BCUT2D eigenvalue weighted by Gasteiger charge is 2.14. The number of carboxylic acid groups (broad SMARTS) is 1. The fraction of sp³-hybridized carbons (Fsp3) is 0.111. The van der Waals surface area contributed by atoms with Crippen LogP contribution in [0.25, 0.3) is 0 Å². The zero-order valence-electron chi connectivity index (χ0n) is 7.46. The van der Waals surface area contributed by atoms with Crippen LogP contribution in [0.1, 0.15) is 10.4 Å². The molecule has 0 atom stereocenters. The van der Waals surface area contributed by atoms with Crippen molar-refractivity contribution in [2.24, 2.45) is 0 Å². The number of rotatable bonds is 3. The molecular weight excluding hydrogens is 285 g/mol. The van der Waals surface area contributed by atoms with Crippen LogP contribution in [0, 0.1) is 0 Å². The lowest BCUT2D eigenvalue weighted by Crippen LogP contribution is -2.15. The number of aromatic carboxylic acids is 1. The molecule has 1 aromatic carbocycles. The molecule has 0 aromatic heterocycles. The number of hydrogen-bond donors (Lipinski definition) is 2. The van der Waals surface area contributed by atoms with Crippen molar-refractivity contribution in [3.8, 4) is 0 Å². The standard InChI is InChI=1S/C9H7BrClNO3/c10-4-7(13)12-8-5(9(14)15)2-1-3-6(8)11/h1-3H,4H2,(H,12,13)(H,14,15). The van der Waals surface area contributed by atoms with Crippen molar-refractivity contribution in [1.82, 2.24) is 0 Å². The number of carbonyl (C=O) groups excluding carboxylic acids is 1. The van der Waals surface area contributed by atoms with Crippen LogP contribution < -0.4 is 5.32 Å². The average Bonchev–Trinajstić information content (AvgIpc) is 2.20. The van der Waals surface area contributed by atoms with Crippen LogP contribution in [0.3, 0.4) is 0 Å². The van der Waals surface area contributed by atoms with Crippen molar-refractivity contribution in [3.63, 3.8) is 0 Å². The normalized spacial score (nSPS) is 9.73. The summed E-state index contributed by atoms with van der Waals surface area (Å²) < 4.78 is 0. The van der Waals surface area contributed by atoms with Crippen molar-refractivity contribution < 1.29 is 14.7 Å². The minimum atomic E-state index is -1.14. The molecule has 0 aliphatic heterocycles. The number of benzene rings is 1. The van der Waals surface area contributed by atoms with Crippen molar-refractivity contribution in [1.29, 1.82) is 0 Å². The summed E-state index contributed by atoms with van der Waals surface area (Å²) in [5.74, 6) is -1.49. The van der Waals surface area contributed by atoms with Gasteiger partial charge < -0.3 is 10.4 Å². The van der Waals surface area contributed by atoms with Gasteiger partial charge in [0, 0.05) is 0 Å². The Balaban J connectivity index is 3.13. The summed E-state index contributed by atoms with van der Waals surface area (Å²) in [5.41, 5.74) is 0.0907. The number of carboxylic acids is 1. The van der Waals surface area contributed by atoms with Crippen LogP contribution in [-0.2, 0) is 4.79 Å². The van der Waals surface area contributed by atoms with Crippen LogP contribution in [0.4, 0.5) is 5.69 Å². The summed E-state index contributed by atoms with van der Waals surface area (Å²) in [6.07, 6.45) is 0. The summed E-state index contributed by atoms with van der Waals surface area (Å²) in [7, 11) is 0. The molecule has 0 aliphatic rings. The minimum Gasteiger partial charge on any atom is -0.478 e. The SMILES string of the molecule is O=C(CBr)Nc1c(Cl)cccc1C(=O)O. The molecule has 6 heteroatoms. The van der Waals surface area contributed by atoms with E-state index in [2.05, 4.69) is 21.2 Å². The first-order valence-corrected chi connectivity index (χ1v) is 5.44. The first-order chi connectivity index (χ1) is 7.06. The molecule has 0 bridgehead atoms. The largest absolute Gasteiger partial charge is 0.478 e. The number of anilines is 1. The highest BCUT2D eigenvalue weighted by molar-refractivity contribution is 9.09. The lowest BCUT2D eigenvalue weighted by atomic mass is 10.2. The Morgan fingerprint density at radius 2 is 2.13 bits per heavy atom. The third-order valence-electron chi connectivity index (χ3n) is 1.63. The molecule has 0 radical (unpaired) electrons. The molecular formula is C9H7BrClNO3. The third-order valence-corrected chi connectivity index (χ3v) is 2.45. The van der Waals surface area contributed by atoms with Crippen LogP contribution >= 0.6 is 27.5 Å². The number of alkyl halides is 1. The summed E-state index contributed by atoms with van der Waals surface area (Å²) in [6.45, 7) is 0. The van der Waals surface area contributed by atoms with Gasteiger partial charge in [0.15, 0.2) is 0 Å². The van der Waals surface area contributed by atoms with E-state index in [0.717, 1.165) is 0 Å². The first-order valence-electron chi connectivity index (χ1n) is 3.94. The number of hydrogen-bond acceptors (Lipinski definition) is 2. The Labute approximate surface area is 99.4 Å². The second kappa shape index (κ2) is 5.14. The second-order valence-corrected chi connectivity index (χ2v) is 3.62. The fourth-order valence-corrected chi connectivity index (χ4v) is 1.36. The van der Waals surface area contributed by atoms with Gasteiger partial charge in [0.1, 0.15) is 0 Å². The summed E-state index contributed by atoms with van der Waals surface area (Å²) in [5, 5.41) is 11.5. The van der Waals surface area contributed by atoms with Crippen molar-refractivity contribution in [3.05, 3.63) is 28.8 Å². The smallest absolute Gasteiger partial charge is 0.337 e. The molecule has 1 aromatic rings. The molecule has 2 N–H and O–H groups in total. The Bertz CT molecular complexity index is 408. The molecule has 1 rings (SSSR count). The second-order valence-electron chi connectivity index (χ2n) is 2.65. The predicted octanol–water partition coefficient (Wildman–Crippen LogP) is 2.37. The minimum absolute atomic E-state index is 0.0307. The predicted molar refractivity (Wildman–Crippen MR) is 60.8 cm³/mol. The molecule has 0 saturated heterocycles. The Hall–Kier alpha value is -1.07. The van der Waals surface area contributed by atoms with Gasteiger partial charge in [0.25, 0.3) is 0 Å². The molecule has 0 saturated carbocycles. The first kappa shape index (κ1) is 12.0. The van der Waals surface area contributed by atoms with E-state index in [0.29, 0.717) is 0 Å². The van der Waals surface area contributed by atoms with Gasteiger partial charge in [-0.1, -0.05) is 33.6 Å². The number of nitrogens with one attached hydrogen (secondary N) is 1. The Kier molecular flexibility index (Phi) is 4.11. The topological polar surface area (TPSA) is 66.4 Å². The van der Waals surface area contributed by atoms with Gasteiger partial charge in [0.2, 0.25) is 5.91 Å². The zero-order valence-corrected chi connectivity index (χ0v) is 9.80. The van der Waals surface area contributed by atoms with E-state index in [4.69, 9.17) is 16.7 Å². The molecule has 80 valence electrons. The van der Waals surface area contributed by atoms with E-state index in [1.165, 1.54) is 18.2 Å². The van der Waals surface area contributed by atoms with Gasteiger partial charge in [-0.2, -0.15) is 0 Å². The van der Waals surface area contributed by atoms with E-state index in [1.54, 1.807) is 0 Å². The summed E-state index contributed by atoms with van der Waals surface area (Å²) in [4.78, 5) is 21.9. The highest BCUT2D eigenvalue weighted by atomic mass is 79.9. The number of carbonyl (C=O) groups is 2. The van der Waals surface area contributed by atoms with E-state index in [9.17, 15) is 9.59 Å². The van der Waals surface area contributed by atoms with Crippen LogP contribution in [0.2, 0.25) is 5.02 Å². The van der Waals surface area contributed by atoms with Gasteiger partial charge in [0.05, 0.1) is 21.6 Å². The molecule has 0 spiro atoms. The fourth-order valence-electron chi connectivity index (χ4n) is 1.00. The van der Waals surface area contributed by atoms with Crippen LogP contribution in [0.5, 0.6) is 0 Å². The van der Waals surface area contributed by atoms with E-state index in [-0.39, 0.29) is 27.5 Å². The quantitative estimate of drug-likeness (QED) is 0.841. The highest BCUT2D eigenvalue weighted by Crippen LogP contribution is 2.25. The lowest BCUT2D eigenvalue weighted by Gasteiger charge is -2.08. The molecule has 0 aliphatic carbocycles. The van der Waals surface area contributed by atoms with Crippen molar-refractivity contribution >= 4 is 45.1 Å². The summed E-state index contributed by atoms with van der Waals surface area (Å²) >= 11 is 8.74. The molecule has 0 fully saturated rings. The molecule has 4 nitrogen and oxygen atoms in total. The number of para-hydroxylation sites is 1. The lowest BCUT2D eigenvalue weighted by molar-refractivity contribution is -0.113. The maximum Gasteiger partial charge on any atom is 0.337 e. The monoisotopic (exact) mass is 291 g/mol. The van der Waals surface area contributed by atoms with Gasteiger partial charge >= 0.3 is 5.97 Å². The third kappa shape index (κ3) is 2.94. The molecule has 0 heterocycles. The average molecular weight is 293 g/mol. The van der Waals surface area contributed by atoms with E-state index < -0.39 is 5.97 Å². The van der Waals surface area contributed by atoms with Gasteiger partial charge in [-0.25, -0.2) is 4.79 Å². The molecule has 0 unspecified atom stereocenters. The maximum atomic E-state index is 11.1. The molecule has 1 amide bonds. The maximum absolute atomic E-state index is 11.1. The van der Waals surface area contributed by atoms with Gasteiger partial charge in [-0.3, -0.25) is 4.79 Å².